The lowest BCUT2D eigenvalue weighted by Gasteiger charge is -2.11. The zero-order valence-corrected chi connectivity index (χ0v) is 21.4. The van der Waals surface area contributed by atoms with Crippen molar-refractivity contribution in [3.63, 3.8) is 0 Å². The molecule has 0 unspecified atom stereocenters. The molecular weight excluding hydrogens is 486 g/mol. The number of likely N-dealkylation sites (N-methyl/N-ethyl adjacent to an activating group) is 1. The Kier molecular flexibility index (Phi) is 8.34. The van der Waals surface area contributed by atoms with Gasteiger partial charge in [-0.05, 0) is 44.3 Å². The van der Waals surface area contributed by atoms with Crippen molar-refractivity contribution in [1.82, 2.24) is 29.3 Å². The van der Waals surface area contributed by atoms with Gasteiger partial charge in [-0.15, -0.1) is 0 Å². The van der Waals surface area contributed by atoms with Gasteiger partial charge in [-0.1, -0.05) is 12.1 Å². The van der Waals surface area contributed by atoms with Gasteiger partial charge in [0.2, 0.25) is 5.82 Å². The standard InChI is InChI=1S/C26H31N9O3/c1-32(2)14-12-30-26(36)22-17-33(13-3-10-29-24-9-8-23(35(37)38)25(27)31-24)16-21(22)19-4-6-20(7-5-19)34-15-11-28-18-34/h4-9,11,15-18H,3,10,12-14H2,1-2H3,(H,30,36)(H3,27,29,31). The molecular formula is C26H31N9O3. The van der Waals surface area contributed by atoms with Crippen LogP contribution >= 0.6 is 0 Å². The van der Waals surface area contributed by atoms with Crippen LogP contribution in [0.3, 0.4) is 0 Å². The predicted molar refractivity (Wildman–Crippen MR) is 146 cm³/mol. The molecule has 4 N–H and O–H groups in total. The van der Waals surface area contributed by atoms with Gasteiger partial charge in [0.05, 0.1) is 16.8 Å². The fourth-order valence-corrected chi connectivity index (χ4v) is 3.96. The van der Waals surface area contributed by atoms with Gasteiger partial charge in [0, 0.05) is 68.3 Å². The number of imidazole rings is 1. The van der Waals surface area contributed by atoms with Crippen molar-refractivity contribution in [3.05, 3.63) is 83.2 Å². The number of nitrogens with two attached hydrogens (primary N) is 1. The molecule has 1 amide bonds. The van der Waals surface area contributed by atoms with Gasteiger partial charge < -0.3 is 30.4 Å². The molecule has 3 heterocycles. The number of carbonyl (C=O) groups excluding carboxylic acids is 1. The summed E-state index contributed by atoms with van der Waals surface area (Å²) in [6.07, 6.45) is 9.93. The summed E-state index contributed by atoms with van der Waals surface area (Å²) in [5, 5.41) is 17.1. The zero-order chi connectivity index (χ0) is 27.1. The fraction of sp³-hybridized carbons (Fsp3) is 0.269. The molecule has 198 valence electrons. The number of aromatic nitrogens is 4. The normalized spacial score (nSPS) is 11.0. The van der Waals surface area contributed by atoms with Crippen molar-refractivity contribution in [3.8, 4) is 16.8 Å². The molecule has 3 aromatic heterocycles. The Morgan fingerprint density at radius 2 is 1.92 bits per heavy atom. The van der Waals surface area contributed by atoms with E-state index in [4.69, 9.17) is 5.73 Å². The second-order valence-corrected chi connectivity index (χ2v) is 9.04. The first kappa shape index (κ1) is 26.4. The maximum absolute atomic E-state index is 13.1. The Balaban J connectivity index is 1.45. The maximum atomic E-state index is 13.1. The lowest BCUT2D eigenvalue weighted by atomic mass is 10.0. The molecule has 0 bridgehead atoms. The van der Waals surface area contributed by atoms with E-state index in [0.29, 0.717) is 31.0 Å². The van der Waals surface area contributed by atoms with E-state index in [2.05, 4.69) is 20.6 Å². The lowest BCUT2D eigenvalue weighted by molar-refractivity contribution is -0.384. The van der Waals surface area contributed by atoms with Crippen LogP contribution in [0.1, 0.15) is 16.8 Å². The second-order valence-electron chi connectivity index (χ2n) is 9.04. The Morgan fingerprint density at radius 3 is 2.58 bits per heavy atom. The Bertz CT molecular complexity index is 1380. The van der Waals surface area contributed by atoms with E-state index in [1.165, 1.54) is 12.1 Å². The van der Waals surface area contributed by atoms with Crippen LogP contribution in [0.5, 0.6) is 0 Å². The second kappa shape index (κ2) is 12.0. The van der Waals surface area contributed by atoms with Crippen molar-refractivity contribution in [2.24, 2.45) is 0 Å². The van der Waals surface area contributed by atoms with Crippen molar-refractivity contribution >= 4 is 23.2 Å². The van der Waals surface area contributed by atoms with Crippen molar-refractivity contribution in [2.75, 3.05) is 44.8 Å². The highest BCUT2D eigenvalue weighted by Crippen LogP contribution is 2.27. The molecule has 0 aliphatic carbocycles. The van der Waals surface area contributed by atoms with E-state index < -0.39 is 4.92 Å². The summed E-state index contributed by atoms with van der Waals surface area (Å²) in [6.45, 7) is 2.52. The molecule has 0 fully saturated rings. The van der Waals surface area contributed by atoms with Gasteiger partial charge in [-0.2, -0.15) is 0 Å². The number of nitrogens with zero attached hydrogens (tertiary/aromatic N) is 6. The molecule has 0 aliphatic heterocycles. The van der Waals surface area contributed by atoms with Gasteiger partial charge >= 0.3 is 5.69 Å². The summed E-state index contributed by atoms with van der Waals surface area (Å²) < 4.78 is 3.92. The first-order valence-electron chi connectivity index (χ1n) is 12.2. The Morgan fingerprint density at radius 1 is 1.13 bits per heavy atom. The topological polar surface area (TPSA) is 149 Å². The third-order valence-electron chi connectivity index (χ3n) is 5.95. The SMILES string of the molecule is CN(C)CCNC(=O)c1cn(CCCNc2ccc([N+](=O)[O-])c(N)n2)cc1-c1ccc(-n2ccnc2)cc1. The van der Waals surface area contributed by atoms with E-state index in [9.17, 15) is 14.9 Å². The number of pyridine rings is 1. The third-order valence-corrected chi connectivity index (χ3v) is 5.95. The number of nitrogens with one attached hydrogen (secondary N) is 2. The third kappa shape index (κ3) is 6.53. The van der Waals surface area contributed by atoms with Crippen molar-refractivity contribution in [2.45, 2.75) is 13.0 Å². The smallest absolute Gasteiger partial charge is 0.311 e. The fourth-order valence-electron chi connectivity index (χ4n) is 3.96. The number of rotatable bonds is 12. The summed E-state index contributed by atoms with van der Waals surface area (Å²) >= 11 is 0. The molecule has 12 nitrogen and oxygen atoms in total. The van der Waals surface area contributed by atoms with E-state index in [0.717, 1.165) is 29.8 Å². The van der Waals surface area contributed by atoms with E-state index in [-0.39, 0.29) is 17.4 Å². The lowest BCUT2D eigenvalue weighted by Crippen LogP contribution is -2.31. The summed E-state index contributed by atoms with van der Waals surface area (Å²) in [6, 6.07) is 10.9. The molecule has 1 aromatic carbocycles. The molecule has 0 aliphatic rings. The minimum absolute atomic E-state index is 0.122. The summed E-state index contributed by atoms with van der Waals surface area (Å²) in [4.78, 5) is 33.6. The highest BCUT2D eigenvalue weighted by molar-refractivity contribution is 6.00. The number of benzene rings is 1. The summed E-state index contributed by atoms with van der Waals surface area (Å²) in [7, 11) is 3.93. The Labute approximate surface area is 220 Å². The zero-order valence-electron chi connectivity index (χ0n) is 21.4. The largest absolute Gasteiger partial charge is 0.378 e. The van der Waals surface area contributed by atoms with Gasteiger partial charge in [0.25, 0.3) is 5.91 Å². The molecule has 12 heteroatoms. The molecule has 0 saturated carbocycles. The van der Waals surface area contributed by atoms with Crippen LogP contribution in [0.2, 0.25) is 0 Å². The van der Waals surface area contributed by atoms with Crippen LogP contribution < -0.4 is 16.4 Å². The minimum Gasteiger partial charge on any atom is -0.378 e. The van der Waals surface area contributed by atoms with Crippen LogP contribution in [-0.2, 0) is 6.54 Å². The first-order valence-corrected chi connectivity index (χ1v) is 12.2. The maximum Gasteiger partial charge on any atom is 0.311 e. The van der Waals surface area contributed by atoms with E-state index >= 15 is 0 Å². The highest BCUT2D eigenvalue weighted by Gasteiger charge is 2.17. The molecule has 4 aromatic rings. The molecule has 0 radical (unpaired) electrons. The number of hydrogen-bond acceptors (Lipinski definition) is 8. The van der Waals surface area contributed by atoms with E-state index in [1.807, 2.05) is 71.0 Å². The average Bonchev–Trinajstić information content (AvgIpc) is 3.57. The van der Waals surface area contributed by atoms with Crippen molar-refractivity contribution in [1.29, 1.82) is 0 Å². The van der Waals surface area contributed by atoms with Gasteiger partial charge in [-0.25, -0.2) is 9.97 Å². The molecule has 4 rings (SSSR count). The van der Waals surface area contributed by atoms with Gasteiger partial charge in [0.15, 0.2) is 0 Å². The van der Waals surface area contributed by atoms with Crippen LogP contribution in [0, 0.1) is 10.1 Å². The molecule has 0 saturated heterocycles. The minimum atomic E-state index is -0.560. The van der Waals surface area contributed by atoms with E-state index in [1.54, 1.807) is 12.5 Å². The molecule has 0 spiro atoms. The predicted octanol–water partition coefficient (Wildman–Crippen LogP) is 3.02. The monoisotopic (exact) mass is 517 g/mol. The van der Waals surface area contributed by atoms with Crippen LogP contribution in [-0.4, -0.2) is 68.6 Å². The number of carbonyl (C=O) groups is 1. The quantitative estimate of drug-likeness (QED) is 0.147. The number of nitrogen functional groups attached to an aromatic ring is 1. The number of aryl methyl sites for hydroxylation is 1. The van der Waals surface area contributed by atoms with Crippen LogP contribution in [0.4, 0.5) is 17.3 Å². The highest BCUT2D eigenvalue weighted by atomic mass is 16.6. The first-order chi connectivity index (χ1) is 18.3. The number of amides is 1. The van der Waals surface area contributed by atoms with Gasteiger partial charge in [-0.3, -0.25) is 14.9 Å². The number of anilines is 2. The summed E-state index contributed by atoms with van der Waals surface area (Å²) in [5.41, 5.74) is 8.83. The van der Waals surface area contributed by atoms with Crippen LogP contribution in [0.15, 0.2) is 67.5 Å². The van der Waals surface area contributed by atoms with Gasteiger partial charge in [0.1, 0.15) is 5.82 Å². The number of hydrogen-bond donors (Lipinski definition) is 3. The van der Waals surface area contributed by atoms with Crippen molar-refractivity contribution < 1.29 is 9.72 Å². The molecule has 38 heavy (non-hydrogen) atoms. The molecule has 0 atom stereocenters. The van der Waals surface area contributed by atoms with Crippen LogP contribution in [0.25, 0.3) is 16.8 Å². The summed E-state index contributed by atoms with van der Waals surface area (Å²) in [5.74, 6) is 0.224. The number of nitro groups is 1. The Hall–Kier alpha value is -4.71. The average molecular weight is 518 g/mol.